The van der Waals surface area contributed by atoms with Gasteiger partial charge in [-0.05, 0) is 83.5 Å². The van der Waals surface area contributed by atoms with E-state index in [-0.39, 0.29) is 18.5 Å². The van der Waals surface area contributed by atoms with E-state index in [1.807, 2.05) is 6.08 Å². The lowest BCUT2D eigenvalue weighted by atomic mass is 10.0. The van der Waals surface area contributed by atoms with Crippen LogP contribution in [0, 0.1) is 0 Å². The van der Waals surface area contributed by atoms with Crippen LogP contribution in [0.1, 0.15) is 412 Å². The monoisotopic (exact) mass is 1150 g/mol. The van der Waals surface area contributed by atoms with Crippen LogP contribution in [0.5, 0.6) is 0 Å². The van der Waals surface area contributed by atoms with Crippen molar-refractivity contribution >= 4 is 11.9 Å². The van der Waals surface area contributed by atoms with Gasteiger partial charge < -0.3 is 20.3 Å². The van der Waals surface area contributed by atoms with Crippen LogP contribution in [0.25, 0.3) is 0 Å². The Balaban J connectivity index is 3.41. The summed E-state index contributed by atoms with van der Waals surface area (Å²) in [7, 11) is 0. The summed E-state index contributed by atoms with van der Waals surface area (Å²) in [5.74, 6) is -0.0568. The molecule has 0 aliphatic carbocycles. The van der Waals surface area contributed by atoms with E-state index < -0.39 is 12.1 Å². The molecule has 0 rings (SSSR count). The van der Waals surface area contributed by atoms with Crippen molar-refractivity contribution in [3.63, 3.8) is 0 Å². The van der Waals surface area contributed by atoms with Crippen LogP contribution in [0.3, 0.4) is 0 Å². The number of ether oxygens (including phenoxy) is 1. The maximum absolute atomic E-state index is 12.5. The number of aliphatic hydroxyl groups excluding tert-OH is 2. The van der Waals surface area contributed by atoms with Gasteiger partial charge in [0.1, 0.15) is 0 Å². The van der Waals surface area contributed by atoms with Gasteiger partial charge in [-0.2, -0.15) is 0 Å². The van der Waals surface area contributed by atoms with Crippen molar-refractivity contribution in [3.05, 3.63) is 36.5 Å². The Bertz CT molecular complexity index is 1330. The molecule has 82 heavy (non-hydrogen) atoms. The van der Waals surface area contributed by atoms with E-state index in [4.69, 9.17) is 4.74 Å². The number of allylic oxidation sites excluding steroid dienone is 5. The van der Waals surface area contributed by atoms with E-state index >= 15 is 0 Å². The second-order valence-corrected chi connectivity index (χ2v) is 25.6. The van der Waals surface area contributed by atoms with Crippen LogP contribution >= 0.6 is 0 Å². The summed E-state index contributed by atoms with van der Waals surface area (Å²) >= 11 is 0. The normalized spacial score (nSPS) is 12.7. The number of carbonyl (C=O) groups is 2. The third-order valence-electron chi connectivity index (χ3n) is 17.4. The molecule has 2 unspecified atom stereocenters. The third-order valence-corrected chi connectivity index (χ3v) is 17.4. The van der Waals surface area contributed by atoms with E-state index in [2.05, 4.69) is 43.5 Å². The second-order valence-electron chi connectivity index (χ2n) is 25.6. The summed E-state index contributed by atoms with van der Waals surface area (Å²) in [5, 5.41) is 23.3. The Hall–Kier alpha value is -1.92. The predicted octanol–water partition coefficient (Wildman–Crippen LogP) is 24.3. The smallest absolute Gasteiger partial charge is 0.305 e. The molecular formula is C76H145NO5. The molecule has 2 atom stereocenters. The Morgan fingerprint density at radius 1 is 0.329 bits per heavy atom. The summed E-state index contributed by atoms with van der Waals surface area (Å²) < 4.78 is 5.50. The Morgan fingerprint density at radius 2 is 0.573 bits per heavy atom. The summed E-state index contributed by atoms with van der Waals surface area (Å²) in [6, 6.07) is -0.630. The molecule has 0 heterocycles. The van der Waals surface area contributed by atoms with Gasteiger partial charge >= 0.3 is 5.97 Å². The zero-order valence-corrected chi connectivity index (χ0v) is 55.5. The maximum Gasteiger partial charge on any atom is 0.305 e. The summed E-state index contributed by atoms with van der Waals surface area (Å²) in [4.78, 5) is 24.6. The van der Waals surface area contributed by atoms with Crippen LogP contribution in [0.2, 0.25) is 0 Å². The van der Waals surface area contributed by atoms with Crippen molar-refractivity contribution in [1.82, 2.24) is 5.32 Å². The topological polar surface area (TPSA) is 95.9 Å². The van der Waals surface area contributed by atoms with Gasteiger partial charge in [-0.1, -0.05) is 352 Å². The van der Waals surface area contributed by atoms with Gasteiger partial charge in [-0.3, -0.25) is 9.59 Å². The highest BCUT2D eigenvalue weighted by Crippen LogP contribution is 2.19. The van der Waals surface area contributed by atoms with Crippen molar-refractivity contribution in [2.75, 3.05) is 13.2 Å². The molecule has 6 heteroatoms. The quantitative estimate of drug-likeness (QED) is 0.0320. The zero-order valence-electron chi connectivity index (χ0n) is 55.5. The summed E-state index contributed by atoms with van der Waals surface area (Å²) in [5.41, 5.74) is 0. The number of unbranched alkanes of at least 4 members (excludes halogenated alkanes) is 55. The lowest BCUT2D eigenvalue weighted by Gasteiger charge is -2.20. The highest BCUT2D eigenvalue weighted by molar-refractivity contribution is 5.76. The molecule has 0 aromatic rings. The van der Waals surface area contributed by atoms with Crippen LogP contribution in [-0.2, 0) is 14.3 Å². The van der Waals surface area contributed by atoms with E-state index in [0.29, 0.717) is 19.4 Å². The molecule has 0 aromatic heterocycles. The van der Waals surface area contributed by atoms with Crippen molar-refractivity contribution in [2.45, 2.75) is 424 Å². The third kappa shape index (κ3) is 67.2. The number of nitrogens with one attached hydrogen (secondary N) is 1. The number of aliphatic hydroxyl groups is 2. The van der Waals surface area contributed by atoms with Crippen LogP contribution < -0.4 is 5.32 Å². The zero-order chi connectivity index (χ0) is 59.2. The fraction of sp³-hybridized carbons (Fsp3) is 0.895. The molecule has 0 radical (unpaired) electrons. The van der Waals surface area contributed by atoms with Crippen LogP contribution in [0.15, 0.2) is 36.5 Å². The minimum atomic E-state index is -0.847. The van der Waals surface area contributed by atoms with Gasteiger partial charge in [-0.25, -0.2) is 0 Å². The number of esters is 1. The average Bonchev–Trinajstić information content (AvgIpc) is 3.48. The highest BCUT2D eigenvalue weighted by Gasteiger charge is 2.18. The molecule has 0 bridgehead atoms. The molecule has 0 aliphatic heterocycles. The molecule has 1 amide bonds. The molecular weight excluding hydrogens is 1010 g/mol. The molecule has 0 aromatic carbocycles. The number of hydrogen-bond donors (Lipinski definition) is 3. The first-order chi connectivity index (χ1) is 40.5. The SMILES string of the molecule is CCCCCCCCC/C=C\CCCCCCCC(=O)OCCCCCCCCCCCCCC/C=C\CCCCCCCCCCCCCC(=O)NC(CO)C(O)/C=C/CCCCCCCCCCCCCCCCCCCCCC. The van der Waals surface area contributed by atoms with E-state index in [0.717, 1.165) is 44.9 Å². The minimum absolute atomic E-state index is 0.00799. The van der Waals surface area contributed by atoms with Gasteiger partial charge in [-0.15, -0.1) is 0 Å². The van der Waals surface area contributed by atoms with Gasteiger partial charge in [0.25, 0.3) is 0 Å². The average molecular weight is 1150 g/mol. The first-order valence-electron chi connectivity index (χ1n) is 37.3. The number of carbonyl (C=O) groups excluding carboxylic acids is 2. The Kier molecular flexibility index (Phi) is 69.9. The first kappa shape index (κ1) is 80.1. The summed E-state index contributed by atoms with van der Waals surface area (Å²) in [6.07, 6.45) is 92.4. The summed E-state index contributed by atoms with van der Waals surface area (Å²) in [6.45, 7) is 4.94. The van der Waals surface area contributed by atoms with Gasteiger partial charge in [0.15, 0.2) is 0 Å². The van der Waals surface area contributed by atoms with Gasteiger partial charge in [0, 0.05) is 12.8 Å². The van der Waals surface area contributed by atoms with Gasteiger partial charge in [0.05, 0.1) is 25.4 Å². The second kappa shape index (κ2) is 71.6. The fourth-order valence-corrected chi connectivity index (χ4v) is 11.7. The van der Waals surface area contributed by atoms with Crippen molar-refractivity contribution in [3.8, 4) is 0 Å². The molecule has 0 aliphatic rings. The van der Waals surface area contributed by atoms with Crippen molar-refractivity contribution in [1.29, 1.82) is 0 Å². The lowest BCUT2D eigenvalue weighted by Crippen LogP contribution is -2.45. The maximum atomic E-state index is 12.5. The number of hydrogen-bond acceptors (Lipinski definition) is 5. The Labute approximate surface area is 513 Å². The lowest BCUT2D eigenvalue weighted by molar-refractivity contribution is -0.143. The Morgan fingerprint density at radius 3 is 0.866 bits per heavy atom. The van der Waals surface area contributed by atoms with Gasteiger partial charge in [0.2, 0.25) is 5.91 Å². The molecule has 0 saturated heterocycles. The van der Waals surface area contributed by atoms with E-state index in [9.17, 15) is 19.8 Å². The van der Waals surface area contributed by atoms with Crippen LogP contribution in [-0.4, -0.2) is 47.4 Å². The van der Waals surface area contributed by atoms with E-state index in [1.54, 1.807) is 6.08 Å². The minimum Gasteiger partial charge on any atom is -0.466 e. The number of amides is 1. The standard InChI is InChI=1S/C76H145NO5/c1-3-5-7-9-11-13-15-17-19-21-22-23-31-34-37-40-44-48-52-56-60-64-68-74(79)73(72-78)77-75(80)69-65-61-57-53-49-45-41-38-35-32-29-27-25-24-26-28-30-33-36-39-43-47-51-55-59-63-67-71-82-76(81)70-66-62-58-54-50-46-42-20-18-16-14-12-10-8-6-4-2/h20,24-25,42,64,68,73-74,78-79H,3-19,21-23,26-41,43-63,65-67,69-72H2,1-2H3,(H,77,80)/b25-24-,42-20-,68-64+. The molecule has 0 fully saturated rings. The molecule has 6 nitrogen and oxygen atoms in total. The molecule has 484 valence electrons. The molecule has 0 spiro atoms. The largest absolute Gasteiger partial charge is 0.466 e. The van der Waals surface area contributed by atoms with Crippen molar-refractivity contribution < 1.29 is 24.5 Å². The first-order valence-corrected chi connectivity index (χ1v) is 37.3. The molecule has 3 N–H and O–H groups in total. The van der Waals surface area contributed by atoms with Crippen LogP contribution in [0.4, 0.5) is 0 Å². The fourth-order valence-electron chi connectivity index (χ4n) is 11.7. The number of rotatable bonds is 70. The molecule has 0 saturated carbocycles. The predicted molar refractivity (Wildman–Crippen MR) is 361 cm³/mol. The highest BCUT2D eigenvalue weighted by atomic mass is 16.5. The van der Waals surface area contributed by atoms with E-state index in [1.165, 1.54) is 340 Å². The van der Waals surface area contributed by atoms with Crippen molar-refractivity contribution in [2.24, 2.45) is 0 Å².